The van der Waals surface area contributed by atoms with Crippen molar-refractivity contribution in [2.75, 3.05) is 24.6 Å². The number of hydrogen-bond acceptors (Lipinski definition) is 6. The van der Waals surface area contributed by atoms with Crippen LogP contribution in [-0.2, 0) is 0 Å². The fraction of sp³-hybridized carbons (Fsp3) is 0.231. The van der Waals surface area contributed by atoms with E-state index in [-0.39, 0.29) is 11.9 Å². The lowest BCUT2D eigenvalue weighted by Gasteiger charge is -2.26. The van der Waals surface area contributed by atoms with Gasteiger partial charge in [0.15, 0.2) is 5.65 Å². The lowest BCUT2D eigenvalue weighted by atomic mass is 10.0. The molecule has 5 aromatic rings. The maximum absolute atomic E-state index is 14.6. The van der Waals surface area contributed by atoms with Crippen molar-refractivity contribution in [1.29, 1.82) is 0 Å². The topological polar surface area (TPSA) is 100 Å². The first kappa shape index (κ1) is 21.7. The van der Waals surface area contributed by atoms with E-state index < -0.39 is 11.6 Å². The Morgan fingerprint density at radius 1 is 1.08 bits per heavy atom. The predicted molar refractivity (Wildman–Crippen MR) is 132 cm³/mol. The minimum Gasteiger partial charge on any atom is -0.491 e. The SMILES string of the molecule is O=C1NCCOc2cc3[nH]c(-c4cnn5ccc(N6CCC[C@@H]6c6cc(F)ccc6F)nc45)nc3cc21. The second-order valence-corrected chi connectivity index (χ2v) is 9.18. The van der Waals surface area contributed by atoms with Crippen LogP contribution < -0.4 is 15.0 Å². The number of nitrogens with zero attached hydrogens (tertiary/aromatic N) is 5. The van der Waals surface area contributed by atoms with E-state index in [0.29, 0.717) is 71.4 Å². The quantitative estimate of drug-likeness (QED) is 0.388. The van der Waals surface area contributed by atoms with Crippen molar-refractivity contribution in [3.63, 3.8) is 0 Å². The van der Waals surface area contributed by atoms with E-state index >= 15 is 0 Å². The maximum atomic E-state index is 14.6. The molecule has 0 unspecified atom stereocenters. The molecule has 37 heavy (non-hydrogen) atoms. The van der Waals surface area contributed by atoms with Crippen molar-refractivity contribution < 1.29 is 18.3 Å². The Hall–Kier alpha value is -4.54. The minimum atomic E-state index is -0.463. The highest BCUT2D eigenvalue weighted by molar-refractivity contribution is 6.01. The van der Waals surface area contributed by atoms with Crippen LogP contribution in [0.4, 0.5) is 14.6 Å². The molecular weight excluding hydrogens is 480 g/mol. The molecule has 0 radical (unpaired) electrons. The van der Waals surface area contributed by atoms with E-state index in [1.54, 1.807) is 29.0 Å². The molecule has 2 N–H and O–H groups in total. The van der Waals surface area contributed by atoms with Gasteiger partial charge >= 0.3 is 0 Å². The van der Waals surface area contributed by atoms with Crippen molar-refractivity contribution in [2.45, 2.75) is 18.9 Å². The average Bonchev–Trinajstić information content (AvgIpc) is 3.62. The molecule has 1 atom stereocenters. The Balaban J connectivity index is 1.29. The number of ether oxygens (including phenoxy) is 1. The molecule has 1 fully saturated rings. The third-order valence-corrected chi connectivity index (χ3v) is 6.95. The van der Waals surface area contributed by atoms with Crippen molar-refractivity contribution in [2.24, 2.45) is 0 Å². The molecule has 11 heteroatoms. The summed E-state index contributed by atoms with van der Waals surface area (Å²) in [6, 6.07) is 8.56. The molecule has 2 aromatic carbocycles. The normalized spacial score (nSPS) is 17.6. The molecule has 0 aliphatic carbocycles. The van der Waals surface area contributed by atoms with Crippen LogP contribution in [0.25, 0.3) is 28.1 Å². The lowest BCUT2D eigenvalue weighted by molar-refractivity contribution is 0.0957. The summed E-state index contributed by atoms with van der Waals surface area (Å²) in [5.74, 6) is 0.606. The van der Waals surface area contributed by atoms with Gasteiger partial charge in [0.1, 0.15) is 35.6 Å². The average molecular weight is 501 g/mol. The first-order chi connectivity index (χ1) is 18.0. The first-order valence-electron chi connectivity index (χ1n) is 12.1. The third-order valence-electron chi connectivity index (χ3n) is 6.95. The number of carbonyl (C=O) groups excluding carboxylic acids is 1. The lowest BCUT2D eigenvalue weighted by Crippen LogP contribution is -2.24. The maximum Gasteiger partial charge on any atom is 0.255 e. The summed E-state index contributed by atoms with van der Waals surface area (Å²) in [6.07, 6.45) is 5.00. The van der Waals surface area contributed by atoms with Gasteiger partial charge in [-0.25, -0.2) is 23.3 Å². The molecule has 186 valence electrons. The Morgan fingerprint density at radius 2 is 2.00 bits per heavy atom. The van der Waals surface area contributed by atoms with Gasteiger partial charge in [0.25, 0.3) is 5.91 Å². The van der Waals surface area contributed by atoms with Crippen LogP contribution in [0.1, 0.15) is 34.8 Å². The van der Waals surface area contributed by atoms with Crippen molar-refractivity contribution in [3.8, 4) is 17.1 Å². The summed E-state index contributed by atoms with van der Waals surface area (Å²) in [5, 5.41) is 7.22. The van der Waals surface area contributed by atoms with Gasteiger partial charge in [0.05, 0.1) is 40.9 Å². The van der Waals surface area contributed by atoms with E-state index in [2.05, 4.69) is 15.4 Å². The minimum absolute atomic E-state index is 0.198. The molecule has 7 rings (SSSR count). The van der Waals surface area contributed by atoms with E-state index in [9.17, 15) is 13.6 Å². The smallest absolute Gasteiger partial charge is 0.255 e. The monoisotopic (exact) mass is 501 g/mol. The number of benzene rings is 2. The number of H-pyrrole nitrogens is 1. The largest absolute Gasteiger partial charge is 0.491 e. The zero-order valence-corrected chi connectivity index (χ0v) is 19.5. The Morgan fingerprint density at radius 3 is 2.92 bits per heavy atom. The van der Waals surface area contributed by atoms with E-state index in [4.69, 9.17) is 14.7 Å². The summed E-state index contributed by atoms with van der Waals surface area (Å²) in [7, 11) is 0. The second kappa shape index (κ2) is 8.26. The highest BCUT2D eigenvalue weighted by atomic mass is 19.1. The molecule has 9 nitrogen and oxygen atoms in total. The standard InChI is InChI=1S/C26H21F2N7O2/c27-14-3-4-18(28)15(10-14)21-2-1-7-34(21)23-5-8-35-25(33-23)17(13-30-35)24-31-19-11-16-22(12-20(19)32-24)37-9-6-29-26(16)36/h3-5,8,10-13,21H,1-2,6-7,9H2,(H,29,36)(H,31,32)/t21-/m1/s1. The fourth-order valence-corrected chi connectivity index (χ4v) is 5.20. The highest BCUT2D eigenvalue weighted by Crippen LogP contribution is 2.37. The van der Waals surface area contributed by atoms with Crippen LogP contribution in [0.3, 0.4) is 0 Å². The van der Waals surface area contributed by atoms with Gasteiger partial charge < -0.3 is 19.9 Å². The van der Waals surface area contributed by atoms with Crippen LogP contribution in [-0.4, -0.2) is 50.2 Å². The zero-order chi connectivity index (χ0) is 25.1. The summed E-state index contributed by atoms with van der Waals surface area (Å²) in [5.41, 5.74) is 3.35. The van der Waals surface area contributed by atoms with Crippen LogP contribution in [0.15, 0.2) is 48.8 Å². The molecule has 1 amide bonds. The summed E-state index contributed by atoms with van der Waals surface area (Å²) in [6.45, 7) is 1.51. The number of rotatable bonds is 3. The van der Waals surface area contributed by atoms with Gasteiger partial charge in [-0.1, -0.05) is 0 Å². The van der Waals surface area contributed by atoms with Gasteiger partial charge in [-0.3, -0.25) is 4.79 Å². The van der Waals surface area contributed by atoms with Crippen LogP contribution >= 0.6 is 0 Å². The number of halogens is 2. The van der Waals surface area contributed by atoms with E-state index in [1.165, 1.54) is 12.1 Å². The number of nitrogens with one attached hydrogen (secondary N) is 2. The first-order valence-corrected chi connectivity index (χ1v) is 12.1. The number of fused-ring (bicyclic) bond motifs is 3. The molecule has 0 saturated carbocycles. The van der Waals surface area contributed by atoms with Crippen molar-refractivity contribution in [3.05, 3.63) is 71.6 Å². The van der Waals surface area contributed by atoms with Gasteiger partial charge in [-0.15, -0.1) is 0 Å². The molecular formula is C26H21F2N7O2. The Bertz CT molecular complexity index is 1700. The summed E-state index contributed by atoms with van der Waals surface area (Å²) >= 11 is 0. The van der Waals surface area contributed by atoms with Crippen LogP contribution in [0, 0.1) is 11.6 Å². The van der Waals surface area contributed by atoms with Gasteiger partial charge in [0, 0.05) is 24.4 Å². The Kier molecular flexibility index (Phi) is 4.85. The number of carbonyl (C=O) groups is 1. The number of aromatic amines is 1. The molecule has 1 saturated heterocycles. The van der Waals surface area contributed by atoms with Gasteiger partial charge in [0.2, 0.25) is 0 Å². The molecule has 2 aliphatic rings. The molecule has 0 spiro atoms. The zero-order valence-electron chi connectivity index (χ0n) is 19.5. The van der Waals surface area contributed by atoms with E-state index in [1.807, 2.05) is 11.0 Å². The van der Waals surface area contributed by atoms with Crippen molar-refractivity contribution in [1.82, 2.24) is 29.9 Å². The summed E-state index contributed by atoms with van der Waals surface area (Å²) in [4.78, 5) is 27.2. The van der Waals surface area contributed by atoms with Crippen LogP contribution in [0.2, 0.25) is 0 Å². The van der Waals surface area contributed by atoms with Gasteiger partial charge in [-0.2, -0.15) is 5.10 Å². The van der Waals surface area contributed by atoms with Crippen molar-refractivity contribution >= 4 is 28.4 Å². The summed E-state index contributed by atoms with van der Waals surface area (Å²) < 4.78 is 35.9. The second-order valence-electron chi connectivity index (χ2n) is 9.18. The molecule has 0 bridgehead atoms. The van der Waals surface area contributed by atoms with Crippen LogP contribution in [0.5, 0.6) is 5.75 Å². The van der Waals surface area contributed by atoms with Gasteiger partial charge in [-0.05, 0) is 43.2 Å². The van der Waals surface area contributed by atoms with E-state index in [0.717, 1.165) is 18.0 Å². The molecule has 5 heterocycles. The predicted octanol–water partition coefficient (Wildman–Crippen LogP) is 4.01. The Labute approximate surface area is 209 Å². The highest BCUT2D eigenvalue weighted by Gasteiger charge is 2.30. The molecule has 2 aliphatic heterocycles. The number of anilines is 1. The molecule has 3 aromatic heterocycles. The number of amides is 1. The number of imidazole rings is 1. The third kappa shape index (κ3) is 3.57. The fourth-order valence-electron chi connectivity index (χ4n) is 5.20. The number of aromatic nitrogens is 5. The number of hydrogen-bond donors (Lipinski definition) is 2.